The van der Waals surface area contributed by atoms with E-state index in [1.165, 1.54) is 0 Å². The van der Waals surface area contributed by atoms with Crippen LogP contribution in [0.5, 0.6) is 0 Å². The smallest absolute Gasteiger partial charge is 0.167 e. The molecule has 1 saturated heterocycles. The van der Waals surface area contributed by atoms with Crippen LogP contribution in [-0.2, 0) is 21.6 Å². The van der Waals surface area contributed by atoms with E-state index in [2.05, 4.69) is 19.4 Å². The summed E-state index contributed by atoms with van der Waals surface area (Å²) in [5.74, 6) is 3.09. The summed E-state index contributed by atoms with van der Waals surface area (Å²) in [6.45, 7) is 12.2. The van der Waals surface area contributed by atoms with Gasteiger partial charge >= 0.3 is 0 Å². The van der Waals surface area contributed by atoms with E-state index in [1.807, 2.05) is 33.9 Å². The predicted molar refractivity (Wildman–Crippen MR) is 108 cm³/mol. The van der Waals surface area contributed by atoms with E-state index in [4.69, 9.17) is 24.4 Å². The summed E-state index contributed by atoms with van der Waals surface area (Å²) < 4.78 is 13.7. The topological polar surface area (TPSA) is 91.1 Å². The quantitative estimate of drug-likeness (QED) is 0.651. The highest BCUT2D eigenvalue weighted by atomic mass is 16.5. The molecule has 0 aliphatic carbocycles. The number of aromatic nitrogens is 6. The van der Waals surface area contributed by atoms with E-state index in [1.54, 1.807) is 0 Å². The fourth-order valence-corrected chi connectivity index (χ4v) is 4.03. The van der Waals surface area contributed by atoms with Gasteiger partial charge in [-0.05, 0) is 27.7 Å². The van der Waals surface area contributed by atoms with Gasteiger partial charge in [0.1, 0.15) is 17.2 Å². The minimum absolute atomic E-state index is 0.468. The molecule has 0 unspecified atom stereocenters. The Morgan fingerprint density at radius 3 is 2.52 bits per heavy atom. The molecule has 0 saturated carbocycles. The van der Waals surface area contributed by atoms with Crippen LogP contribution in [0, 0.1) is 13.8 Å². The van der Waals surface area contributed by atoms with Crippen molar-refractivity contribution in [3.05, 3.63) is 23.5 Å². The first-order valence-electron chi connectivity index (χ1n) is 10.00. The molecule has 0 aromatic carbocycles. The van der Waals surface area contributed by atoms with Gasteiger partial charge in [-0.2, -0.15) is 0 Å². The summed E-state index contributed by atoms with van der Waals surface area (Å²) >= 11 is 0. The predicted octanol–water partition coefficient (Wildman–Crippen LogP) is 2.00. The maximum Gasteiger partial charge on any atom is 0.167 e. The van der Waals surface area contributed by atoms with Crippen molar-refractivity contribution in [2.45, 2.75) is 39.8 Å². The van der Waals surface area contributed by atoms with E-state index in [-0.39, 0.29) is 0 Å². The first kappa shape index (κ1) is 18.4. The van der Waals surface area contributed by atoms with Gasteiger partial charge in [0.25, 0.3) is 0 Å². The summed E-state index contributed by atoms with van der Waals surface area (Å²) in [5.41, 5.74) is 2.89. The number of hydrogen-bond donors (Lipinski definition) is 0. The van der Waals surface area contributed by atoms with Crippen molar-refractivity contribution in [3.8, 4) is 11.4 Å². The van der Waals surface area contributed by atoms with Gasteiger partial charge in [0.2, 0.25) is 0 Å². The SMILES string of the molecule is Cc1ncc(-c2nc(N3CCOCC3)c3nc4n(c3n2)CCOC4(C)C)c(C)n1. The average molecular weight is 395 g/mol. The molecule has 9 heteroatoms. The lowest BCUT2D eigenvalue weighted by atomic mass is 10.1. The number of aryl methyl sites for hydroxylation is 2. The first-order chi connectivity index (χ1) is 13.9. The number of anilines is 1. The van der Waals surface area contributed by atoms with Crippen LogP contribution >= 0.6 is 0 Å². The average Bonchev–Trinajstić information content (AvgIpc) is 3.08. The van der Waals surface area contributed by atoms with Crippen molar-refractivity contribution in [1.82, 2.24) is 29.5 Å². The van der Waals surface area contributed by atoms with Crippen molar-refractivity contribution in [2.75, 3.05) is 37.8 Å². The normalized spacial score (nSPS) is 18.8. The van der Waals surface area contributed by atoms with Gasteiger partial charge in [-0.1, -0.05) is 0 Å². The monoisotopic (exact) mass is 395 g/mol. The zero-order valence-corrected chi connectivity index (χ0v) is 17.3. The molecule has 29 heavy (non-hydrogen) atoms. The third-order valence-electron chi connectivity index (χ3n) is 5.54. The summed E-state index contributed by atoms with van der Waals surface area (Å²) in [6, 6.07) is 0. The zero-order valence-electron chi connectivity index (χ0n) is 17.3. The van der Waals surface area contributed by atoms with Crippen molar-refractivity contribution in [1.29, 1.82) is 0 Å². The van der Waals surface area contributed by atoms with E-state index in [0.717, 1.165) is 59.5 Å². The first-order valence-corrected chi connectivity index (χ1v) is 10.00. The number of imidazole rings is 1. The van der Waals surface area contributed by atoms with Crippen LogP contribution in [0.4, 0.5) is 5.82 Å². The Labute approximate surface area is 169 Å². The molecule has 9 nitrogen and oxygen atoms in total. The molecule has 1 fully saturated rings. The van der Waals surface area contributed by atoms with Crippen molar-refractivity contribution < 1.29 is 9.47 Å². The molecule has 0 spiro atoms. The van der Waals surface area contributed by atoms with E-state index in [0.29, 0.717) is 25.6 Å². The summed E-state index contributed by atoms with van der Waals surface area (Å²) in [6.07, 6.45) is 1.81. The van der Waals surface area contributed by atoms with Gasteiger partial charge in [-0.3, -0.25) is 0 Å². The van der Waals surface area contributed by atoms with E-state index < -0.39 is 5.60 Å². The molecular formula is C20H25N7O2. The summed E-state index contributed by atoms with van der Waals surface area (Å²) in [4.78, 5) is 25.9. The van der Waals surface area contributed by atoms with Gasteiger partial charge in [0, 0.05) is 25.8 Å². The van der Waals surface area contributed by atoms with Gasteiger partial charge < -0.3 is 18.9 Å². The maximum absolute atomic E-state index is 5.97. The summed E-state index contributed by atoms with van der Waals surface area (Å²) in [5, 5.41) is 0. The number of morpholine rings is 1. The molecule has 5 heterocycles. The van der Waals surface area contributed by atoms with Crippen molar-refractivity contribution in [2.24, 2.45) is 0 Å². The highest BCUT2D eigenvalue weighted by molar-refractivity contribution is 5.86. The second-order valence-corrected chi connectivity index (χ2v) is 8.00. The highest BCUT2D eigenvalue weighted by Gasteiger charge is 2.34. The Kier molecular flexibility index (Phi) is 4.25. The van der Waals surface area contributed by atoms with Crippen molar-refractivity contribution >= 4 is 17.0 Å². The highest BCUT2D eigenvalue weighted by Crippen LogP contribution is 2.35. The lowest BCUT2D eigenvalue weighted by molar-refractivity contribution is -0.0530. The molecular weight excluding hydrogens is 370 g/mol. The van der Waals surface area contributed by atoms with Crippen LogP contribution in [0.1, 0.15) is 31.2 Å². The Balaban J connectivity index is 1.77. The minimum atomic E-state index is -0.468. The molecule has 0 N–H and O–H groups in total. The molecule has 0 bridgehead atoms. The van der Waals surface area contributed by atoms with Crippen LogP contribution in [0.3, 0.4) is 0 Å². The van der Waals surface area contributed by atoms with Gasteiger partial charge in [0.15, 0.2) is 22.8 Å². The molecule has 152 valence electrons. The van der Waals surface area contributed by atoms with Gasteiger partial charge in [-0.15, -0.1) is 0 Å². The number of fused-ring (bicyclic) bond motifs is 3. The second kappa shape index (κ2) is 6.70. The van der Waals surface area contributed by atoms with Crippen LogP contribution in [0.2, 0.25) is 0 Å². The third kappa shape index (κ3) is 3.05. The number of hydrogen-bond acceptors (Lipinski definition) is 8. The lowest BCUT2D eigenvalue weighted by Crippen LogP contribution is -2.37. The minimum Gasteiger partial charge on any atom is -0.378 e. The molecule has 3 aromatic heterocycles. The largest absolute Gasteiger partial charge is 0.378 e. The van der Waals surface area contributed by atoms with E-state index >= 15 is 0 Å². The van der Waals surface area contributed by atoms with Gasteiger partial charge in [-0.25, -0.2) is 24.9 Å². The van der Waals surface area contributed by atoms with Crippen LogP contribution in [0.25, 0.3) is 22.6 Å². The Morgan fingerprint density at radius 2 is 1.76 bits per heavy atom. The molecule has 5 rings (SSSR count). The number of rotatable bonds is 2. The maximum atomic E-state index is 5.97. The number of ether oxygens (including phenoxy) is 2. The molecule has 0 atom stereocenters. The fraction of sp³-hybridized carbons (Fsp3) is 0.550. The molecule has 2 aliphatic rings. The molecule has 3 aromatic rings. The Bertz CT molecular complexity index is 1090. The van der Waals surface area contributed by atoms with Gasteiger partial charge in [0.05, 0.1) is 31.1 Å². The third-order valence-corrected chi connectivity index (χ3v) is 5.54. The number of nitrogens with zero attached hydrogens (tertiary/aromatic N) is 7. The molecule has 2 aliphatic heterocycles. The lowest BCUT2D eigenvalue weighted by Gasteiger charge is -2.30. The van der Waals surface area contributed by atoms with E-state index in [9.17, 15) is 0 Å². The van der Waals surface area contributed by atoms with Crippen molar-refractivity contribution in [3.63, 3.8) is 0 Å². The fourth-order valence-electron chi connectivity index (χ4n) is 4.03. The zero-order chi connectivity index (χ0) is 20.2. The van der Waals surface area contributed by atoms with Crippen LogP contribution in [0.15, 0.2) is 6.20 Å². The summed E-state index contributed by atoms with van der Waals surface area (Å²) in [7, 11) is 0. The van der Waals surface area contributed by atoms with Crippen LogP contribution < -0.4 is 4.90 Å². The Hall–Kier alpha value is -2.65. The molecule has 0 radical (unpaired) electrons. The Morgan fingerprint density at radius 1 is 0.966 bits per heavy atom. The molecule has 0 amide bonds. The standard InChI is InChI=1S/C20H25N7O2/c1-12-14(11-21-13(2)22-12)16-24-17(26-5-8-28-9-6-26)15-18(25-16)27-7-10-29-20(3,4)19(27)23-15/h11H,5-10H2,1-4H3. The second-order valence-electron chi connectivity index (χ2n) is 8.00. The van der Waals surface area contributed by atoms with Crippen LogP contribution in [-0.4, -0.2) is 62.4 Å².